The van der Waals surface area contributed by atoms with Crippen LogP contribution in [-0.2, 0) is 6.54 Å². The molecule has 0 aliphatic carbocycles. The zero-order chi connectivity index (χ0) is 21.1. The van der Waals surface area contributed by atoms with E-state index >= 15 is 0 Å². The van der Waals surface area contributed by atoms with Crippen molar-refractivity contribution in [3.05, 3.63) is 76.0 Å². The molecule has 30 heavy (non-hydrogen) atoms. The van der Waals surface area contributed by atoms with Crippen molar-refractivity contribution in [1.82, 2.24) is 15.3 Å². The predicted octanol–water partition coefficient (Wildman–Crippen LogP) is 5.76. The third kappa shape index (κ3) is 4.64. The number of carbonyl (C=O) groups excluding carboxylic acids is 1. The smallest absolute Gasteiger partial charge is 0.269 e. The molecule has 2 heterocycles. The molecule has 6 nitrogen and oxygen atoms in total. The summed E-state index contributed by atoms with van der Waals surface area (Å²) >= 11 is 13.7. The van der Waals surface area contributed by atoms with E-state index in [4.69, 9.17) is 27.9 Å². The fraction of sp³-hybridized carbons (Fsp3) is 0.0952. The number of thiazole rings is 1. The molecule has 0 radical (unpaired) electrons. The van der Waals surface area contributed by atoms with E-state index in [0.29, 0.717) is 33.8 Å². The molecular formula is C21H16Cl2N4O2S. The molecule has 9 heteroatoms. The minimum Gasteiger partial charge on any atom is -0.457 e. The van der Waals surface area contributed by atoms with Crippen LogP contribution in [0.4, 0.5) is 5.13 Å². The van der Waals surface area contributed by atoms with E-state index < -0.39 is 0 Å². The maximum atomic E-state index is 11.7. The molecule has 152 valence electrons. The van der Waals surface area contributed by atoms with Gasteiger partial charge in [-0.25, -0.2) is 4.98 Å². The van der Waals surface area contributed by atoms with E-state index in [0.717, 1.165) is 20.9 Å². The molecule has 4 aromatic rings. The molecule has 0 fully saturated rings. The highest BCUT2D eigenvalue weighted by atomic mass is 35.5. The quantitative estimate of drug-likeness (QED) is 0.383. The zero-order valence-electron chi connectivity index (χ0n) is 15.8. The van der Waals surface area contributed by atoms with Gasteiger partial charge in [0.15, 0.2) is 5.13 Å². The van der Waals surface area contributed by atoms with E-state index in [-0.39, 0.29) is 5.91 Å². The van der Waals surface area contributed by atoms with Gasteiger partial charge in [-0.15, -0.1) is 0 Å². The number of hydrogen-bond donors (Lipinski definition) is 2. The second kappa shape index (κ2) is 8.87. The van der Waals surface area contributed by atoms with Gasteiger partial charge >= 0.3 is 0 Å². The molecular weight excluding hydrogens is 443 g/mol. The van der Waals surface area contributed by atoms with Gasteiger partial charge in [-0.2, -0.15) is 0 Å². The fourth-order valence-corrected chi connectivity index (χ4v) is 4.11. The number of ether oxygens (including phenoxy) is 1. The summed E-state index contributed by atoms with van der Waals surface area (Å²) in [6, 6.07) is 14.3. The fourth-order valence-electron chi connectivity index (χ4n) is 2.74. The Morgan fingerprint density at radius 3 is 2.73 bits per heavy atom. The van der Waals surface area contributed by atoms with Crippen LogP contribution in [-0.4, -0.2) is 22.9 Å². The number of pyridine rings is 1. The SMILES string of the molecule is CNC(=O)c1cc(Oc2ccc3nc(NCc4ccc(Cl)cc4Cl)sc3c2)ccn1. The molecule has 0 bridgehead atoms. The standard InChI is InChI=1S/C21H16Cl2N4O2S/c1-24-20(28)18-9-15(6-7-25-18)29-14-4-5-17-19(10-14)30-21(27-17)26-11-12-2-3-13(22)8-16(12)23/h2-10H,11H2,1H3,(H,24,28)(H,26,27). The second-order valence-corrected chi connectivity index (χ2v) is 8.17. The van der Waals surface area contributed by atoms with Gasteiger partial charge in [-0.05, 0) is 35.9 Å². The van der Waals surface area contributed by atoms with Crippen molar-refractivity contribution in [2.75, 3.05) is 12.4 Å². The van der Waals surface area contributed by atoms with Gasteiger partial charge in [0.1, 0.15) is 17.2 Å². The van der Waals surface area contributed by atoms with Crippen LogP contribution in [0.1, 0.15) is 16.1 Å². The second-order valence-electron chi connectivity index (χ2n) is 6.30. The van der Waals surface area contributed by atoms with Crippen LogP contribution in [0.5, 0.6) is 11.5 Å². The molecule has 2 aromatic heterocycles. The number of fused-ring (bicyclic) bond motifs is 1. The molecule has 1 amide bonds. The highest BCUT2D eigenvalue weighted by Crippen LogP contribution is 2.32. The third-order valence-corrected chi connectivity index (χ3v) is 5.79. The first-order chi connectivity index (χ1) is 14.5. The summed E-state index contributed by atoms with van der Waals surface area (Å²) in [7, 11) is 1.56. The van der Waals surface area contributed by atoms with E-state index in [9.17, 15) is 4.79 Å². The van der Waals surface area contributed by atoms with Crippen molar-refractivity contribution in [2.24, 2.45) is 0 Å². The maximum absolute atomic E-state index is 11.7. The van der Waals surface area contributed by atoms with Gasteiger partial charge in [0.25, 0.3) is 5.91 Å². The maximum Gasteiger partial charge on any atom is 0.269 e. The Bertz CT molecular complexity index is 1230. The van der Waals surface area contributed by atoms with Gasteiger partial charge in [-0.3, -0.25) is 9.78 Å². The first-order valence-electron chi connectivity index (χ1n) is 8.96. The number of rotatable bonds is 6. The molecule has 2 N–H and O–H groups in total. The lowest BCUT2D eigenvalue weighted by atomic mass is 10.2. The van der Waals surface area contributed by atoms with Crippen LogP contribution in [0.25, 0.3) is 10.2 Å². The highest BCUT2D eigenvalue weighted by Gasteiger charge is 2.09. The minimum atomic E-state index is -0.269. The lowest BCUT2D eigenvalue weighted by Gasteiger charge is -2.06. The first-order valence-corrected chi connectivity index (χ1v) is 10.5. The number of amides is 1. The van der Waals surface area contributed by atoms with E-state index in [2.05, 4.69) is 20.6 Å². The van der Waals surface area contributed by atoms with Crippen molar-refractivity contribution in [1.29, 1.82) is 0 Å². The molecule has 2 aromatic carbocycles. The molecule has 0 saturated carbocycles. The molecule has 0 atom stereocenters. The predicted molar refractivity (Wildman–Crippen MR) is 121 cm³/mol. The Labute approximate surface area is 186 Å². The Balaban J connectivity index is 1.49. The Morgan fingerprint density at radius 2 is 1.93 bits per heavy atom. The molecule has 0 aliphatic heterocycles. The zero-order valence-corrected chi connectivity index (χ0v) is 18.1. The normalized spacial score (nSPS) is 10.8. The van der Waals surface area contributed by atoms with Crippen LogP contribution in [0, 0.1) is 0 Å². The average molecular weight is 459 g/mol. The summed E-state index contributed by atoms with van der Waals surface area (Å²) in [5.74, 6) is 0.908. The van der Waals surface area contributed by atoms with Crippen molar-refractivity contribution in [3.63, 3.8) is 0 Å². The number of aromatic nitrogens is 2. The summed E-state index contributed by atoms with van der Waals surface area (Å²) < 4.78 is 6.87. The van der Waals surface area contributed by atoms with Crippen molar-refractivity contribution in [3.8, 4) is 11.5 Å². The van der Waals surface area contributed by atoms with E-state index in [1.54, 1.807) is 31.3 Å². The van der Waals surface area contributed by atoms with Crippen LogP contribution in [0.2, 0.25) is 10.0 Å². The summed E-state index contributed by atoms with van der Waals surface area (Å²) in [4.78, 5) is 20.4. The number of hydrogen-bond acceptors (Lipinski definition) is 6. The van der Waals surface area contributed by atoms with Crippen LogP contribution >= 0.6 is 34.5 Å². The van der Waals surface area contributed by atoms with Crippen molar-refractivity contribution < 1.29 is 9.53 Å². The number of anilines is 1. The lowest BCUT2D eigenvalue weighted by Crippen LogP contribution is -2.18. The number of nitrogens with one attached hydrogen (secondary N) is 2. The summed E-state index contributed by atoms with van der Waals surface area (Å²) in [5, 5.41) is 7.83. The number of nitrogens with zero attached hydrogens (tertiary/aromatic N) is 2. The van der Waals surface area contributed by atoms with E-state index in [1.165, 1.54) is 17.5 Å². The molecule has 0 spiro atoms. The molecule has 0 unspecified atom stereocenters. The molecule has 0 aliphatic rings. The molecule has 0 saturated heterocycles. The topological polar surface area (TPSA) is 76.1 Å². The van der Waals surface area contributed by atoms with Gasteiger partial charge in [0, 0.05) is 42.0 Å². The third-order valence-electron chi connectivity index (χ3n) is 4.23. The van der Waals surface area contributed by atoms with Gasteiger partial charge in [-0.1, -0.05) is 40.6 Å². The number of carbonyl (C=O) groups is 1. The Morgan fingerprint density at radius 1 is 1.10 bits per heavy atom. The average Bonchev–Trinajstić information content (AvgIpc) is 3.15. The number of benzene rings is 2. The van der Waals surface area contributed by atoms with Crippen LogP contribution in [0.3, 0.4) is 0 Å². The van der Waals surface area contributed by atoms with Crippen LogP contribution in [0.15, 0.2) is 54.7 Å². The van der Waals surface area contributed by atoms with Crippen molar-refractivity contribution >= 4 is 55.8 Å². The Kier molecular flexibility index (Phi) is 6.03. The van der Waals surface area contributed by atoms with Gasteiger partial charge in [0.05, 0.1) is 10.2 Å². The summed E-state index contributed by atoms with van der Waals surface area (Å²) in [5.41, 5.74) is 2.09. The molecule has 4 rings (SSSR count). The van der Waals surface area contributed by atoms with Gasteiger partial charge < -0.3 is 15.4 Å². The summed E-state index contributed by atoms with van der Waals surface area (Å²) in [6.45, 7) is 0.540. The Hall–Kier alpha value is -2.87. The monoisotopic (exact) mass is 458 g/mol. The number of halogens is 2. The van der Waals surface area contributed by atoms with E-state index in [1.807, 2.05) is 24.3 Å². The lowest BCUT2D eigenvalue weighted by molar-refractivity contribution is 0.0958. The van der Waals surface area contributed by atoms with Gasteiger partial charge in [0.2, 0.25) is 0 Å². The van der Waals surface area contributed by atoms with Crippen LogP contribution < -0.4 is 15.4 Å². The summed E-state index contributed by atoms with van der Waals surface area (Å²) in [6.07, 6.45) is 1.54. The minimum absolute atomic E-state index is 0.269. The largest absolute Gasteiger partial charge is 0.457 e. The highest BCUT2D eigenvalue weighted by molar-refractivity contribution is 7.22. The first kappa shape index (κ1) is 20.4. The van der Waals surface area contributed by atoms with Crippen molar-refractivity contribution in [2.45, 2.75) is 6.54 Å².